The molecule has 2 atom stereocenters. The average Bonchev–Trinajstić information content (AvgIpc) is 3.39. The van der Waals surface area contributed by atoms with Crippen LogP contribution in [0, 0.1) is 11.8 Å². The Labute approximate surface area is 185 Å². The normalized spacial score (nSPS) is 22.3. The van der Waals surface area contributed by atoms with E-state index in [4.69, 9.17) is 4.74 Å². The Kier molecular flexibility index (Phi) is 7.94. The quantitative estimate of drug-likeness (QED) is 0.484. The zero-order valence-electron chi connectivity index (χ0n) is 18.0. The van der Waals surface area contributed by atoms with Crippen molar-refractivity contribution in [3.05, 3.63) is 35.4 Å². The number of amides is 1. The van der Waals surface area contributed by atoms with Gasteiger partial charge in [-0.2, -0.15) is 13.2 Å². The molecule has 2 aliphatic rings. The van der Waals surface area contributed by atoms with E-state index in [0.717, 1.165) is 31.4 Å². The summed E-state index contributed by atoms with van der Waals surface area (Å²) in [5.74, 6) is 0.515. The molecule has 172 valence electrons. The molecule has 2 fully saturated rings. The first kappa shape index (κ1) is 24.0. The molecule has 0 N–H and O–H groups in total. The van der Waals surface area contributed by atoms with Crippen molar-refractivity contribution < 1.29 is 27.5 Å². The van der Waals surface area contributed by atoms with Crippen LogP contribution in [0.25, 0.3) is 0 Å². The molecule has 0 aromatic heterocycles. The number of hydrogen-bond donors (Lipinski definition) is 0. The number of nitrogens with zero attached hydrogens (tertiary/aromatic N) is 1. The molecule has 1 saturated heterocycles. The van der Waals surface area contributed by atoms with E-state index in [1.54, 1.807) is 4.90 Å². The van der Waals surface area contributed by atoms with E-state index in [9.17, 15) is 22.8 Å². The van der Waals surface area contributed by atoms with Gasteiger partial charge in [0.25, 0.3) is 0 Å². The molecule has 8 heteroatoms. The second-order valence-electron chi connectivity index (χ2n) is 8.84. The Balaban J connectivity index is 1.77. The molecule has 1 aliphatic heterocycles. The molecule has 31 heavy (non-hydrogen) atoms. The number of rotatable bonds is 7. The topological polar surface area (TPSA) is 46.6 Å². The van der Waals surface area contributed by atoms with E-state index in [1.165, 1.54) is 36.7 Å². The molecule has 1 aliphatic carbocycles. The average molecular weight is 458 g/mol. The zero-order chi connectivity index (χ0) is 22.6. The van der Waals surface area contributed by atoms with Crippen molar-refractivity contribution in [2.75, 3.05) is 12.4 Å². The fraction of sp³-hybridized carbons (Fsp3) is 0.652. The predicted molar refractivity (Wildman–Crippen MR) is 114 cm³/mol. The first-order chi connectivity index (χ1) is 14.7. The molecule has 3 rings (SSSR count). The van der Waals surface area contributed by atoms with Crippen molar-refractivity contribution in [2.45, 2.75) is 70.0 Å². The van der Waals surface area contributed by atoms with Crippen LogP contribution < -0.4 is 0 Å². The smallest absolute Gasteiger partial charge is 0.416 e. The van der Waals surface area contributed by atoms with Gasteiger partial charge in [-0.3, -0.25) is 4.79 Å². The molecule has 1 saturated carbocycles. The van der Waals surface area contributed by atoms with Gasteiger partial charge < -0.3 is 9.64 Å². The summed E-state index contributed by atoms with van der Waals surface area (Å²) in [5.41, 5.74) is -0.141. The summed E-state index contributed by atoms with van der Waals surface area (Å²) in [4.78, 5) is 27.4. The minimum Gasteiger partial charge on any atom is -0.464 e. The fourth-order valence-electron chi connectivity index (χ4n) is 4.19. The monoisotopic (exact) mass is 457 g/mol. The predicted octanol–water partition coefficient (Wildman–Crippen LogP) is 5.82. The third-order valence-electron chi connectivity index (χ3n) is 5.88. The number of alkyl halides is 3. The Bertz CT molecular complexity index is 760. The number of carbonyl (C=O) groups is 2. The lowest BCUT2D eigenvalue weighted by Gasteiger charge is -2.29. The van der Waals surface area contributed by atoms with Crippen LogP contribution in [0.4, 0.5) is 13.2 Å². The van der Waals surface area contributed by atoms with Crippen LogP contribution >= 0.6 is 11.8 Å². The molecule has 1 aromatic rings. The summed E-state index contributed by atoms with van der Waals surface area (Å²) >= 11 is 1.40. The lowest BCUT2D eigenvalue weighted by atomic mass is 10.0. The van der Waals surface area contributed by atoms with Crippen molar-refractivity contribution in [1.29, 1.82) is 0 Å². The first-order valence-electron chi connectivity index (χ1n) is 10.9. The molecule has 0 spiro atoms. The van der Waals surface area contributed by atoms with Gasteiger partial charge in [-0.1, -0.05) is 51.7 Å². The Morgan fingerprint density at radius 1 is 1.16 bits per heavy atom. The van der Waals surface area contributed by atoms with E-state index in [0.29, 0.717) is 23.7 Å². The van der Waals surface area contributed by atoms with Crippen LogP contribution in [0.15, 0.2) is 24.3 Å². The standard InChI is InChI=1S/C23H30F3NO3S/c1-15(2)13-30-22(29)19-14-31-21(17-8-10-18(11-9-17)23(24,25)26)27(19)20(28)12-7-16-5-3-4-6-16/h8-11,15-16,19,21H,3-7,12-14H2,1-2H3. The third-order valence-corrected chi connectivity index (χ3v) is 7.21. The minimum atomic E-state index is -4.42. The Hall–Kier alpha value is -1.70. The maximum Gasteiger partial charge on any atom is 0.416 e. The largest absolute Gasteiger partial charge is 0.464 e. The number of esters is 1. The number of ether oxygens (including phenoxy) is 1. The van der Waals surface area contributed by atoms with E-state index in [2.05, 4.69) is 0 Å². The van der Waals surface area contributed by atoms with Crippen LogP contribution in [0.1, 0.15) is 68.9 Å². The van der Waals surface area contributed by atoms with E-state index in [-0.39, 0.29) is 18.4 Å². The highest BCUT2D eigenvalue weighted by Crippen LogP contribution is 2.43. The number of halogens is 3. The second-order valence-corrected chi connectivity index (χ2v) is 9.95. The number of benzene rings is 1. The van der Waals surface area contributed by atoms with Crippen molar-refractivity contribution in [1.82, 2.24) is 4.90 Å². The molecule has 4 nitrogen and oxygen atoms in total. The molecule has 1 heterocycles. The summed E-state index contributed by atoms with van der Waals surface area (Å²) in [6.07, 6.45) is 1.35. The summed E-state index contributed by atoms with van der Waals surface area (Å²) < 4.78 is 44.2. The number of hydrogen-bond acceptors (Lipinski definition) is 4. The van der Waals surface area contributed by atoms with Crippen LogP contribution in [0.2, 0.25) is 0 Å². The van der Waals surface area contributed by atoms with Gasteiger partial charge in [0.15, 0.2) is 0 Å². The van der Waals surface area contributed by atoms with Gasteiger partial charge in [-0.05, 0) is 36.0 Å². The maximum absolute atomic E-state index is 13.2. The SMILES string of the molecule is CC(C)COC(=O)C1CSC(c2ccc(C(F)(F)F)cc2)N1C(=O)CCC1CCCC1. The van der Waals surface area contributed by atoms with Gasteiger partial charge in [0, 0.05) is 12.2 Å². The third kappa shape index (κ3) is 6.18. The Morgan fingerprint density at radius 2 is 1.81 bits per heavy atom. The molecular weight excluding hydrogens is 427 g/mol. The first-order valence-corrected chi connectivity index (χ1v) is 12.0. The molecular formula is C23H30F3NO3S. The van der Waals surface area contributed by atoms with Crippen molar-refractivity contribution in [2.24, 2.45) is 11.8 Å². The summed E-state index contributed by atoms with van der Waals surface area (Å²) in [6.45, 7) is 4.15. The minimum absolute atomic E-state index is 0.131. The maximum atomic E-state index is 13.2. The molecule has 0 bridgehead atoms. The number of carbonyl (C=O) groups excluding carboxylic acids is 2. The van der Waals surface area contributed by atoms with Crippen LogP contribution in [-0.4, -0.2) is 35.2 Å². The van der Waals surface area contributed by atoms with E-state index < -0.39 is 29.1 Å². The van der Waals surface area contributed by atoms with Gasteiger partial charge in [-0.15, -0.1) is 11.8 Å². The van der Waals surface area contributed by atoms with Gasteiger partial charge in [0.1, 0.15) is 11.4 Å². The highest BCUT2D eigenvalue weighted by atomic mass is 32.2. The van der Waals surface area contributed by atoms with E-state index >= 15 is 0 Å². The lowest BCUT2D eigenvalue weighted by molar-refractivity contribution is -0.155. The lowest BCUT2D eigenvalue weighted by Crippen LogP contribution is -2.44. The van der Waals surface area contributed by atoms with Crippen LogP contribution in [0.3, 0.4) is 0 Å². The van der Waals surface area contributed by atoms with Crippen molar-refractivity contribution in [3.8, 4) is 0 Å². The second kappa shape index (κ2) is 10.3. The molecule has 1 aromatic carbocycles. The number of thioether (sulfide) groups is 1. The molecule has 2 unspecified atom stereocenters. The molecule has 0 radical (unpaired) electrons. The van der Waals surface area contributed by atoms with Gasteiger partial charge in [-0.25, -0.2) is 4.79 Å². The Morgan fingerprint density at radius 3 is 2.39 bits per heavy atom. The fourth-order valence-corrected chi connectivity index (χ4v) is 5.62. The van der Waals surface area contributed by atoms with Crippen molar-refractivity contribution >= 4 is 23.6 Å². The summed E-state index contributed by atoms with van der Waals surface area (Å²) in [5, 5.41) is -0.491. The zero-order valence-corrected chi connectivity index (χ0v) is 18.8. The highest BCUT2D eigenvalue weighted by molar-refractivity contribution is 7.99. The van der Waals surface area contributed by atoms with Crippen LogP contribution in [0.5, 0.6) is 0 Å². The van der Waals surface area contributed by atoms with Gasteiger partial charge in [0.05, 0.1) is 12.2 Å². The van der Waals surface area contributed by atoms with Crippen LogP contribution in [-0.2, 0) is 20.5 Å². The van der Waals surface area contributed by atoms with E-state index in [1.807, 2.05) is 13.8 Å². The summed E-state index contributed by atoms with van der Waals surface area (Å²) in [7, 11) is 0. The summed E-state index contributed by atoms with van der Waals surface area (Å²) in [6, 6.07) is 4.15. The van der Waals surface area contributed by atoms with Gasteiger partial charge >= 0.3 is 12.1 Å². The highest BCUT2D eigenvalue weighted by Gasteiger charge is 2.43. The van der Waals surface area contributed by atoms with Crippen molar-refractivity contribution in [3.63, 3.8) is 0 Å². The van der Waals surface area contributed by atoms with Gasteiger partial charge in [0.2, 0.25) is 5.91 Å². The molecule has 1 amide bonds.